The van der Waals surface area contributed by atoms with Gasteiger partial charge in [-0.05, 0) is 24.3 Å². The molecular weight excluding hydrogens is 398 g/mol. The number of nitrogens with one attached hydrogen (secondary N) is 2. The van der Waals surface area contributed by atoms with E-state index >= 15 is 0 Å². The van der Waals surface area contributed by atoms with Crippen LogP contribution in [0.4, 0.5) is 5.69 Å². The first-order valence-corrected chi connectivity index (χ1v) is 9.56. The van der Waals surface area contributed by atoms with Crippen LogP contribution < -0.4 is 21.3 Å². The van der Waals surface area contributed by atoms with Crippen molar-refractivity contribution in [3.63, 3.8) is 0 Å². The Labute approximate surface area is 174 Å². The van der Waals surface area contributed by atoms with E-state index < -0.39 is 23.7 Å². The van der Waals surface area contributed by atoms with Crippen LogP contribution in [0.2, 0.25) is 0 Å². The van der Waals surface area contributed by atoms with Crippen LogP contribution in [0.5, 0.6) is 5.75 Å². The number of anilines is 1. The molecule has 0 fully saturated rings. The molecular formula is C23H17N3O5. The third-order valence-electron chi connectivity index (χ3n) is 5.16. The van der Waals surface area contributed by atoms with Crippen LogP contribution in [0.3, 0.4) is 0 Å². The highest BCUT2D eigenvalue weighted by molar-refractivity contribution is 6.07. The Morgan fingerprint density at radius 3 is 2.55 bits per heavy atom. The number of aromatic amines is 1. The second-order valence-electron chi connectivity index (χ2n) is 7.06. The molecule has 0 radical (unpaired) electrons. The zero-order valence-corrected chi connectivity index (χ0v) is 16.5. The number of aromatic nitrogens is 2. The minimum atomic E-state index is -0.654. The molecule has 0 aliphatic heterocycles. The summed E-state index contributed by atoms with van der Waals surface area (Å²) in [5.41, 5.74) is 0.915. The number of methoxy groups -OCH3 is 1. The summed E-state index contributed by atoms with van der Waals surface area (Å²) in [6.45, 7) is -0.444. The van der Waals surface area contributed by atoms with Crippen molar-refractivity contribution in [3.8, 4) is 5.75 Å². The van der Waals surface area contributed by atoms with E-state index in [0.29, 0.717) is 27.9 Å². The van der Waals surface area contributed by atoms with Crippen LogP contribution in [0.25, 0.3) is 32.8 Å². The van der Waals surface area contributed by atoms with Gasteiger partial charge in [-0.1, -0.05) is 30.3 Å². The Kier molecular flexibility index (Phi) is 4.32. The number of para-hydroxylation sites is 2. The average Bonchev–Trinajstić information content (AvgIpc) is 3.13. The van der Waals surface area contributed by atoms with E-state index in [1.54, 1.807) is 36.4 Å². The van der Waals surface area contributed by atoms with E-state index in [4.69, 9.17) is 9.15 Å². The fraction of sp³-hybridized carbons (Fsp3) is 0.0870. The minimum Gasteiger partial charge on any atom is -0.495 e. The van der Waals surface area contributed by atoms with Crippen molar-refractivity contribution in [2.45, 2.75) is 6.54 Å². The number of carbonyl (C=O) groups excluding carboxylic acids is 1. The van der Waals surface area contributed by atoms with Crippen molar-refractivity contribution in [2.75, 3.05) is 12.4 Å². The number of fused-ring (bicyclic) bond motifs is 4. The van der Waals surface area contributed by atoms with Crippen LogP contribution in [0.1, 0.15) is 0 Å². The van der Waals surface area contributed by atoms with Crippen molar-refractivity contribution < 1.29 is 13.9 Å². The van der Waals surface area contributed by atoms with Gasteiger partial charge in [0.15, 0.2) is 0 Å². The van der Waals surface area contributed by atoms with Crippen molar-refractivity contribution in [1.29, 1.82) is 0 Å². The highest BCUT2D eigenvalue weighted by atomic mass is 16.5. The zero-order valence-electron chi connectivity index (χ0n) is 16.5. The molecule has 0 atom stereocenters. The number of H-pyrrole nitrogens is 1. The molecule has 0 aliphatic carbocycles. The molecule has 8 nitrogen and oxygen atoms in total. The first-order valence-electron chi connectivity index (χ1n) is 9.56. The van der Waals surface area contributed by atoms with Gasteiger partial charge in [0.2, 0.25) is 5.91 Å². The van der Waals surface area contributed by atoms with Gasteiger partial charge in [0.25, 0.3) is 5.56 Å². The first kappa shape index (κ1) is 18.7. The predicted molar refractivity (Wildman–Crippen MR) is 118 cm³/mol. The van der Waals surface area contributed by atoms with Gasteiger partial charge in [0, 0.05) is 16.8 Å². The zero-order chi connectivity index (χ0) is 21.5. The maximum Gasteiger partial charge on any atom is 0.329 e. The second-order valence-corrected chi connectivity index (χ2v) is 7.06. The lowest BCUT2D eigenvalue weighted by Crippen LogP contribution is -2.38. The average molecular weight is 415 g/mol. The van der Waals surface area contributed by atoms with Crippen LogP contribution in [0.15, 0.2) is 74.7 Å². The van der Waals surface area contributed by atoms with E-state index in [0.717, 1.165) is 20.9 Å². The number of hydrogen-bond donors (Lipinski definition) is 2. The third-order valence-corrected chi connectivity index (χ3v) is 5.16. The van der Waals surface area contributed by atoms with Crippen LogP contribution in [0, 0.1) is 0 Å². The van der Waals surface area contributed by atoms with E-state index in [1.165, 1.54) is 7.11 Å². The number of nitrogens with zero attached hydrogens (tertiary/aromatic N) is 1. The van der Waals surface area contributed by atoms with Crippen molar-refractivity contribution >= 4 is 44.4 Å². The summed E-state index contributed by atoms with van der Waals surface area (Å²) in [5.74, 6) is -0.108. The lowest BCUT2D eigenvalue weighted by Gasteiger charge is -2.11. The smallest absolute Gasteiger partial charge is 0.329 e. The molecule has 0 unspecified atom stereocenters. The predicted octanol–water partition coefficient (Wildman–Crippen LogP) is 3.24. The van der Waals surface area contributed by atoms with Gasteiger partial charge in [-0.15, -0.1) is 0 Å². The summed E-state index contributed by atoms with van der Waals surface area (Å²) >= 11 is 0. The third kappa shape index (κ3) is 3.14. The van der Waals surface area contributed by atoms with Crippen LogP contribution >= 0.6 is 0 Å². The SMILES string of the molecule is COc1cc2c(cc1NC(=O)Cn1c(=O)[nH]c3ccccc3c1=O)oc1ccccc12. The maximum atomic E-state index is 12.7. The molecule has 2 N–H and O–H groups in total. The summed E-state index contributed by atoms with van der Waals surface area (Å²) in [7, 11) is 1.50. The molecule has 0 bridgehead atoms. The molecule has 31 heavy (non-hydrogen) atoms. The standard InChI is InChI=1S/C23H17N3O5/c1-30-20-10-15-13-6-3-5-9-18(13)31-19(15)11-17(20)24-21(27)12-26-22(28)14-7-2-4-8-16(14)25-23(26)29/h2-11H,12H2,1H3,(H,24,27)(H,25,29). The van der Waals surface area contributed by atoms with Gasteiger partial charge in [-0.2, -0.15) is 0 Å². The number of rotatable bonds is 4. The lowest BCUT2D eigenvalue weighted by atomic mass is 10.1. The van der Waals surface area contributed by atoms with E-state index in [1.807, 2.05) is 24.3 Å². The highest BCUT2D eigenvalue weighted by Gasteiger charge is 2.16. The van der Waals surface area contributed by atoms with E-state index in [9.17, 15) is 14.4 Å². The number of amides is 1. The highest BCUT2D eigenvalue weighted by Crippen LogP contribution is 2.36. The van der Waals surface area contributed by atoms with E-state index in [-0.39, 0.29) is 0 Å². The van der Waals surface area contributed by atoms with Gasteiger partial charge in [0.05, 0.1) is 23.7 Å². The molecule has 3 aromatic carbocycles. The number of hydrogen-bond acceptors (Lipinski definition) is 5. The number of ether oxygens (including phenoxy) is 1. The second kappa shape index (κ2) is 7.17. The molecule has 5 aromatic rings. The molecule has 0 saturated heterocycles. The molecule has 1 amide bonds. The number of carbonyl (C=O) groups is 1. The molecule has 0 spiro atoms. The van der Waals surface area contributed by atoms with Crippen LogP contribution in [-0.2, 0) is 11.3 Å². The molecule has 0 saturated carbocycles. The van der Waals surface area contributed by atoms with E-state index in [2.05, 4.69) is 10.3 Å². The van der Waals surface area contributed by atoms with Crippen LogP contribution in [-0.4, -0.2) is 22.6 Å². The molecule has 0 aliphatic rings. The summed E-state index contributed by atoms with van der Waals surface area (Å²) in [6, 6.07) is 17.7. The van der Waals surface area contributed by atoms with Crippen molar-refractivity contribution in [1.82, 2.24) is 9.55 Å². The lowest BCUT2D eigenvalue weighted by molar-refractivity contribution is -0.116. The first-order chi connectivity index (χ1) is 15.0. The monoisotopic (exact) mass is 415 g/mol. The molecule has 5 rings (SSSR count). The largest absolute Gasteiger partial charge is 0.495 e. The van der Waals surface area contributed by atoms with Gasteiger partial charge in [-0.25, -0.2) is 4.79 Å². The van der Waals surface area contributed by atoms with Gasteiger partial charge in [0.1, 0.15) is 23.5 Å². The summed E-state index contributed by atoms with van der Waals surface area (Å²) in [5, 5.41) is 4.83. The quantitative estimate of drug-likeness (QED) is 0.469. The van der Waals surface area contributed by atoms with Crippen molar-refractivity contribution in [3.05, 3.63) is 81.5 Å². The number of furan rings is 1. The Hall–Kier alpha value is -4.33. The van der Waals surface area contributed by atoms with Crippen molar-refractivity contribution in [2.24, 2.45) is 0 Å². The molecule has 2 heterocycles. The van der Waals surface area contributed by atoms with Gasteiger partial charge in [-0.3, -0.25) is 14.2 Å². The Morgan fingerprint density at radius 1 is 1.00 bits per heavy atom. The fourth-order valence-corrected chi connectivity index (χ4v) is 3.69. The number of benzene rings is 3. The molecule has 2 aromatic heterocycles. The summed E-state index contributed by atoms with van der Waals surface area (Å²) in [4.78, 5) is 40.3. The summed E-state index contributed by atoms with van der Waals surface area (Å²) < 4.78 is 12.2. The Bertz CT molecular complexity index is 1590. The fourth-order valence-electron chi connectivity index (χ4n) is 3.69. The van der Waals surface area contributed by atoms with Gasteiger partial charge >= 0.3 is 5.69 Å². The topological polar surface area (TPSA) is 106 Å². The Morgan fingerprint density at radius 2 is 1.74 bits per heavy atom. The minimum absolute atomic E-state index is 0.330. The Balaban J connectivity index is 1.51. The molecule has 8 heteroatoms. The van der Waals surface area contributed by atoms with Gasteiger partial charge < -0.3 is 19.5 Å². The maximum absolute atomic E-state index is 12.7. The normalized spacial score (nSPS) is 11.3. The summed E-state index contributed by atoms with van der Waals surface area (Å²) in [6.07, 6.45) is 0. The molecule has 154 valence electrons.